The fourth-order valence-corrected chi connectivity index (χ4v) is 1.69. The molecule has 0 radical (unpaired) electrons. The number of benzene rings is 1. The summed E-state index contributed by atoms with van der Waals surface area (Å²) in [4.78, 5) is 26.5. The van der Waals surface area contributed by atoms with Gasteiger partial charge in [-0.15, -0.1) is 5.10 Å². The highest BCUT2D eigenvalue weighted by atomic mass is 16.4. The number of carbonyl (C=O) groups is 2. The number of aromatic nitrogens is 3. The molecule has 106 valence electrons. The number of aryl methyl sites for hydroxylation is 1. The summed E-state index contributed by atoms with van der Waals surface area (Å²) in [5.41, 5.74) is 1.84. The Labute approximate surface area is 120 Å². The molecule has 0 saturated heterocycles. The molecule has 0 aliphatic heterocycles. The molecular formula is C14H12N4O3. The summed E-state index contributed by atoms with van der Waals surface area (Å²) in [7, 11) is 0. The third-order valence-electron chi connectivity index (χ3n) is 2.49. The number of nitrogens with one attached hydrogen (secondary N) is 1. The quantitative estimate of drug-likeness (QED) is 0.825. The Kier molecular flexibility index (Phi) is 4.35. The lowest BCUT2D eigenvalue weighted by Gasteiger charge is -2.05. The minimum Gasteiger partial charge on any atom is -0.478 e. The van der Waals surface area contributed by atoms with Crippen molar-refractivity contribution >= 4 is 23.9 Å². The molecule has 0 spiro atoms. The number of aliphatic carboxylic acids is 1. The van der Waals surface area contributed by atoms with Crippen LogP contribution in [0.2, 0.25) is 0 Å². The molecule has 0 aliphatic rings. The lowest BCUT2D eigenvalue weighted by molar-refractivity contribution is -0.131. The standard InChI is InChI=1S/C14H12N4O3/c1-9-6-10(2-3-12(19)20)8-11(7-9)13(21)17-14-15-4-5-16-18-14/h2-8H,1H3,(H,19,20)(H,15,17,18,21)/b3-2+. The Hall–Kier alpha value is -3.09. The normalized spacial score (nSPS) is 10.5. The van der Waals surface area contributed by atoms with Crippen molar-refractivity contribution in [3.63, 3.8) is 0 Å². The van der Waals surface area contributed by atoms with Crippen LogP contribution < -0.4 is 5.32 Å². The summed E-state index contributed by atoms with van der Waals surface area (Å²) in [6, 6.07) is 5.04. The number of hydrogen-bond donors (Lipinski definition) is 2. The van der Waals surface area contributed by atoms with Crippen molar-refractivity contribution in [1.82, 2.24) is 15.2 Å². The summed E-state index contributed by atoms with van der Waals surface area (Å²) in [5, 5.41) is 18.4. The topological polar surface area (TPSA) is 105 Å². The molecule has 7 nitrogen and oxygen atoms in total. The molecule has 1 aromatic carbocycles. The molecular weight excluding hydrogens is 272 g/mol. The molecule has 0 atom stereocenters. The Bertz CT molecular complexity index is 699. The van der Waals surface area contributed by atoms with E-state index in [4.69, 9.17) is 5.11 Å². The largest absolute Gasteiger partial charge is 0.478 e. The number of rotatable bonds is 4. The van der Waals surface area contributed by atoms with Crippen LogP contribution in [0.25, 0.3) is 6.08 Å². The van der Waals surface area contributed by atoms with Crippen molar-refractivity contribution in [1.29, 1.82) is 0 Å². The molecule has 0 unspecified atom stereocenters. The van der Waals surface area contributed by atoms with Crippen LogP contribution in [0.5, 0.6) is 0 Å². The number of amides is 1. The molecule has 7 heteroatoms. The molecule has 1 heterocycles. The Morgan fingerprint density at radius 3 is 2.71 bits per heavy atom. The van der Waals surface area contributed by atoms with Crippen LogP contribution in [-0.2, 0) is 4.79 Å². The van der Waals surface area contributed by atoms with Gasteiger partial charge in [-0.05, 0) is 36.3 Å². The van der Waals surface area contributed by atoms with Crippen molar-refractivity contribution < 1.29 is 14.7 Å². The predicted octanol–water partition coefficient (Wildman–Crippen LogP) is 1.53. The summed E-state index contributed by atoms with van der Waals surface area (Å²) < 4.78 is 0. The van der Waals surface area contributed by atoms with E-state index in [1.807, 2.05) is 6.92 Å². The van der Waals surface area contributed by atoms with Gasteiger partial charge in [0.25, 0.3) is 5.91 Å². The van der Waals surface area contributed by atoms with Gasteiger partial charge in [0.2, 0.25) is 5.95 Å². The molecule has 2 aromatic rings. The fraction of sp³-hybridized carbons (Fsp3) is 0.0714. The van der Waals surface area contributed by atoms with E-state index in [1.54, 1.807) is 18.2 Å². The van der Waals surface area contributed by atoms with Gasteiger partial charge < -0.3 is 5.11 Å². The minimum absolute atomic E-state index is 0.103. The van der Waals surface area contributed by atoms with Crippen LogP contribution in [0.4, 0.5) is 5.95 Å². The smallest absolute Gasteiger partial charge is 0.328 e. The van der Waals surface area contributed by atoms with Crippen LogP contribution in [0.3, 0.4) is 0 Å². The maximum atomic E-state index is 12.1. The van der Waals surface area contributed by atoms with Crippen LogP contribution in [0, 0.1) is 6.92 Å². The van der Waals surface area contributed by atoms with E-state index >= 15 is 0 Å². The maximum absolute atomic E-state index is 12.1. The molecule has 1 aromatic heterocycles. The average Bonchev–Trinajstić information content (AvgIpc) is 2.45. The van der Waals surface area contributed by atoms with Crippen molar-refractivity contribution in [2.75, 3.05) is 5.32 Å². The van der Waals surface area contributed by atoms with Gasteiger partial charge in [-0.1, -0.05) is 6.07 Å². The summed E-state index contributed by atoms with van der Waals surface area (Å²) in [5.74, 6) is -1.34. The van der Waals surface area contributed by atoms with Gasteiger partial charge in [0.1, 0.15) is 0 Å². The van der Waals surface area contributed by atoms with Crippen molar-refractivity contribution in [3.05, 3.63) is 53.4 Å². The van der Waals surface area contributed by atoms with Crippen LogP contribution in [-0.4, -0.2) is 32.2 Å². The first-order chi connectivity index (χ1) is 10.0. The predicted molar refractivity (Wildman–Crippen MR) is 75.6 cm³/mol. The first-order valence-electron chi connectivity index (χ1n) is 6.02. The van der Waals surface area contributed by atoms with E-state index in [-0.39, 0.29) is 5.95 Å². The van der Waals surface area contributed by atoms with E-state index in [0.29, 0.717) is 11.1 Å². The van der Waals surface area contributed by atoms with Crippen LogP contribution in [0.15, 0.2) is 36.7 Å². The second-order valence-corrected chi connectivity index (χ2v) is 4.22. The van der Waals surface area contributed by atoms with Gasteiger partial charge in [-0.25, -0.2) is 9.78 Å². The van der Waals surface area contributed by atoms with Gasteiger partial charge in [-0.2, -0.15) is 5.10 Å². The van der Waals surface area contributed by atoms with E-state index < -0.39 is 11.9 Å². The van der Waals surface area contributed by atoms with Gasteiger partial charge in [0, 0.05) is 11.6 Å². The first kappa shape index (κ1) is 14.3. The van der Waals surface area contributed by atoms with Crippen LogP contribution >= 0.6 is 0 Å². The monoisotopic (exact) mass is 284 g/mol. The van der Waals surface area contributed by atoms with E-state index in [9.17, 15) is 9.59 Å². The van der Waals surface area contributed by atoms with Crippen LogP contribution in [0.1, 0.15) is 21.5 Å². The fourth-order valence-electron chi connectivity index (χ4n) is 1.69. The zero-order valence-corrected chi connectivity index (χ0v) is 11.1. The third kappa shape index (κ3) is 4.20. The zero-order valence-electron chi connectivity index (χ0n) is 11.1. The van der Waals surface area contributed by atoms with Gasteiger partial charge in [-0.3, -0.25) is 10.1 Å². The van der Waals surface area contributed by atoms with E-state index in [1.165, 1.54) is 18.5 Å². The van der Waals surface area contributed by atoms with Gasteiger partial charge in [0.05, 0.1) is 12.4 Å². The zero-order chi connectivity index (χ0) is 15.2. The second-order valence-electron chi connectivity index (χ2n) is 4.22. The average molecular weight is 284 g/mol. The molecule has 21 heavy (non-hydrogen) atoms. The van der Waals surface area contributed by atoms with Gasteiger partial charge in [0.15, 0.2) is 0 Å². The third-order valence-corrected chi connectivity index (χ3v) is 2.49. The summed E-state index contributed by atoms with van der Waals surface area (Å²) >= 11 is 0. The van der Waals surface area contributed by atoms with E-state index in [2.05, 4.69) is 20.5 Å². The molecule has 1 amide bonds. The molecule has 0 saturated carbocycles. The van der Waals surface area contributed by atoms with Crippen molar-refractivity contribution in [3.8, 4) is 0 Å². The highest BCUT2D eigenvalue weighted by Crippen LogP contribution is 2.12. The molecule has 2 N–H and O–H groups in total. The van der Waals surface area contributed by atoms with E-state index in [0.717, 1.165) is 11.6 Å². The highest BCUT2D eigenvalue weighted by molar-refractivity contribution is 6.03. The number of carbonyl (C=O) groups excluding carboxylic acids is 1. The SMILES string of the molecule is Cc1cc(/C=C/C(=O)O)cc(C(=O)Nc2nccnn2)c1. The number of hydrogen-bond acceptors (Lipinski definition) is 5. The summed E-state index contributed by atoms with van der Waals surface area (Å²) in [6.45, 7) is 1.81. The lowest BCUT2D eigenvalue weighted by atomic mass is 10.1. The minimum atomic E-state index is -1.05. The molecule has 2 rings (SSSR count). The maximum Gasteiger partial charge on any atom is 0.328 e. The molecule has 0 fully saturated rings. The number of nitrogens with zero attached hydrogens (tertiary/aromatic N) is 3. The van der Waals surface area contributed by atoms with Gasteiger partial charge >= 0.3 is 5.97 Å². The summed E-state index contributed by atoms with van der Waals surface area (Å²) in [6.07, 6.45) is 5.25. The van der Waals surface area contributed by atoms with Crippen molar-refractivity contribution in [2.24, 2.45) is 0 Å². The molecule has 0 aliphatic carbocycles. The Morgan fingerprint density at radius 1 is 1.24 bits per heavy atom. The molecule has 0 bridgehead atoms. The number of carboxylic acids is 1. The van der Waals surface area contributed by atoms with Crippen molar-refractivity contribution in [2.45, 2.75) is 6.92 Å². The lowest BCUT2D eigenvalue weighted by Crippen LogP contribution is -2.14. The Balaban J connectivity index is 2.23. The number of anilines is 1. The number of carboxylic acid groups (broad SMARTS) is 1. The Morgan fingerprint density at radius 2 is 2.05 bits per heavy atom. The second kappa shape index (κ2) is 6.38. The highest BCUT2D eigenvalue weighted by Gasteiger charge is 2.09. The first-order valence-corrected chi connectivity index (χ1v) is 6.02.